The van der Waals surface area contributed by atoms with Gasteiger partial charge in [0.1, 0.15) is 4.99 Å². The van der Waals surface area contributed by atoms with Gasteiger partial charge in [0, 0.05) is 11.3 Å². The standard InChI is InChI=1S/C15H19N3S/c1-3-13-9-14(4-2)18(17-13)10-11-6-5-7-12(8-11)15(16)19/h5-9H,3-4,10H2,1-2H3,(H2,16,19). The summed E-state index contributed by atoms with van der Waals surface area (Å²) in [6, 6.07) is 10.2. The van der Waals surface area contributed by atoms with Crippen LogP contribution < -0.4 is 5.73 Å². The molecule has 100 valence electrons. The summed E-state index contributed by atoms with van der Waals surface area (Å²) >= 11 is 5.01. The first kappa shape index (κ1) is 13.7. The molecular weight excluding hydrogens is 254 g/mol. The number of thiocarbonyl (C=S) groups is 1. The van der Waals surface area contributed by atoms with Crippen LogP contribution in [0.3, 0.4) is 0 Å². The smallest absolute Gasteiger partial charge is 0.103 e. The predicted molar refractivity (Wildman–Crippen MR) is 82.4 cm³/mol. The molecule has 2 N–H and O–H groups in total. The molecule has 0 bridgehead atoms. The largest absolute Gasteiger partial charge is 0.389 e. The molecule has 0 radical (unpaired) electrons. The second kappa shape index (κ2) is 5.97. The summed E-state index contributed by atoms with van der Waals surface area (Å²) < 4.78 is 2.07. The SMILES string of the molecule is CCc1cc(CC)n(Cc2cccc(C(N)=S)c2)n1. The fraction of sp³-hybridized carbons (Fsp3) is 0.333. The quantitative estimate of drug-likeness (QED) is 0.852. The molecule has 1 aromatic carbocycles. The first-order valence-corrected chi connectivity index (χ1v) is 6.99. The van der Waals surface area contributed by atoms with Crippen molar-refractivity contribution in [1.82, 2.24) is 9.78 Å². The lowest BCUT2D eigenvalue weighted by molar-refractivity contribution is 0.640. The predicted octanol–water partition coefficient (Wildman–Crippen LogP) is 2.69. The normalized spacial score (nSPS) is 10.6. The van der Waals surface area contributed by atoms with E-state index in [0.717, 1.165) is 30.6 Å². The highest BCUT2D eigenvalue weighted by atomic mass is 32.1. The molecule has 0 unspecified atom stereocenters. The van der Waals surface area contributed by atoms with Crippen LogP contribution in [0.1, 0.15) is 36.4 Å². The lowest BCUT2D eigenvalue weighted by Gasteiger charge is -2.07. The average Bonchev–Trinajstić information content (AvgIpc) is 2.81. The number of nitrogens with two attached hydrogens (primary N) is 1. The van der Waals surface area contributed by atoms with Gasteiger partial charge in [-0.1, -0.05) is 44.3 Å². The minimum Gasteiger partial charge on any atom is -0.389 e. The first-order valence-electron chi connectivity index (χ1n) is 6.58. The van der Waals surface area contributed by atoms with Gasteiger partial charge in [0.25, 0.3) is 0 Å². The second-order valence-corrected chi connectivity index (χ2v) is 5.00. The number of aryl methyl sites for hydroxylation is 2. The Kier molecular flexibility index (Phi) is 4.32. The molecule has 0 saturated heterocycles. The topological polar surface area (TPSA) is 43.8 Å². The highest BCUT2D eigenvalue weighted by Crippen LogP contribution is 2.11. The van der Waals surface area contributed by atoms with Gasteiger partial charge in [0.05, 0.1) is 12.2 Å². The monoisotopic (exact) mass is 273 g/mol. The summed E-state index contributed by atoms with van der Waals surface area (Å²) in [5.74, 6) is 0. The molecular formula is C15H19N3S. The molecule has 4 heteroatoms. The summed E-state index contributed by atoms with van der Waals surface area (Å²) in [5, 5.41) is 4.62. The molecule has 3 nitrogen and oxygen atoms in total. The van der Waals surface area contributed by atoms with Crippen LogP contribution in [0.15, 0.2) is 30.3 Å². The third kappa shape index (κ3) is 3.20. The lowest BCUT2D eigenvalue weighted by atomic mass is 10.1. The summed E-state index contributed by atoms with van der Waals surface area (Å²) in [6.07, 6.45) is 1.95. The summed E-state index contributed by atoms with van der Waals surface area (Å²) in [7, 11) is 0. The van der Waals surface area contributed by atoms with Crippen LogP contribution in [-0.2, 0) is 19.4 Å². The Bertz CT molecular complexity index is 587. The van der Waals surface area contributed by atoms with Gasteiger partial charge in [0.2, 0.25) is 0 Å². The van der Waals surface area contributed by atoms with Crippen LogP contribution in [0.4, 0.5) is 0 Å². The zero-order valence-corrected chi connectivity index (χ0v) is 12.2. The zero-order valence-electron chi connectivity index (χ0n) is 11.4. The van der Waals surface area contributed by atoms with E-state index in [9.17, 15) is 0 Å². The van der Waals surface area contributed by atoms with E-state index in [2.05, 4.69) is 35.8 Å². The maximum Gasteiger partial charge on any atom is 0.103 e. The summed E-state index contributed by atoms with van der Waals surface area (Å²) in [6.45, 7) is 5.04. The van der Waals surface area contributed by atoms with E-state index >= 15 is 0 Å². The van der Waals surface area contributed by atoms with Crippen LogP contribution in [0, 0.1) is 0 Å². The summed E-state index contributed by atoms with van der Waals surface area (Å²) in [5.41, 5.74) is 10.2. The molecule has 0 aliphatic rings. The minimum absolute atomic E-state index is 0.437. The van der Waals surface area contributed by atoms with Crippen molar-refractivity contribution in [1.29, 1.82) is 0 Å². The first-order chi connectivity index (χ1) is 9.13. The highest BCUT2D eigenvalue weighted by molar-refractivity contribution is 7.80. The van der Waals surface area contributed by atoms with Crippen molar-refractivity contribution in [2.75, 3.05) is 0 Å². The molecule has 0 spiro atoms. The Balaban J connectivity index is 2.27. The Labute approximate surface area is 119 Å². The fourth-order valence-corrected chi connectivity index (χ4v) is 2.23. The third-order valence-corrected chi connectivity index (χ3v) is 3.42. The molecule has 2 rings (SSSR count). The van der Waals surface area contributed by atoms with Crippen LogP contribution in [0.25, 0.3) is 0 Å². The number of aromatic nitrogens is 2. The summed E-state index contributed by atoms with van der Waals surface area (Å²) in [4.78, 5) is 0.437. The third-order valence-electron chi connectivity index (χ3n) is 3.18. The molecule has 19 heavy (non-hydrogen) atoms. The molecule has 0 aliphatic heterocycles. The van der Waals surface area contributed by atoms with Gasteiger partial charge in [-0.05, 0) is 30.5 Å². The molecule has 1 heterocycles. The molecule has 0 aliphatic carbocycles. The second-order valence-electron chi connectivity index (χ2n) is 4.56. The van der Waals surface area contributed by atoms with E-state index in [1.54, 1.807) is 0 Å². The van der Waals surface area contributed by atoms with Gasteiger partial charge in [-0.15, -0.1) is 0 Å². The number of benzene rings is 1. The minimum atomic E-state index is 0.437. The molecule has 0 amide bonds. The van der Waals surface area contributed by atoms with Crippen LogP contribution in [0.2, 0.25) is 0 Å². The molecule has 1 aromatic heterocycles. The van der Waals surface area contributed by atoms with Crippen molar-refractivity contribution in [3.05, 3.63) is 52.8 Å². The van der Waals surface area contributed by atoms with E-state index in [4.69, 9.17) is 18.0 Å². The number of rotatable bonds is 5. The molecule has 0 saturated carbocycles. The van der Waals surface area contributed by atoms with Gasteiger partial charge in [-0.25, -0.2) is 0 Å². The van der Waals surface area contributed by atoms with Gasteiger partial charge in [-0.2, -0.15) is 5.10 Å². The molecule has 2 aromatic rings. The van der Waals surface area contributed by atoms with E-state index in [0.29, 0.717) is 4.99 Å². The van der Waals surface area contributed by atoms with Crippen LogP contribution in [-0.4, -0.2) is 14.8 Å². The Morgan fingerprint density at radius 1 is 1.26 bits per heavy atom. The van der Waals surface area contributed by atoms with Crippen LogP contribution >= 0.6 is 12.2 Å². The fourth-order valence-electron chi connectivity index (χ4n) is 2.11. The Morgan fingerprint density at radius 2 is 2.05 bits per heavy atom. The van der Waals surface area contributed by atoms with Crippen molar-refractivity contribution >= 4 is 17.2 Å². The van der Waals surface area contributed by atoms with E-state index in [1.165, 1.54) is 11.3 Å². The maximum absolute atomic E-state index is 5.67. The molecule has 0 fully saturated rings. The van der Waals surface area contributed by atoms with Crippen molar-refractivity contribution < 1.29 is 0 Å². The lowest BCUT2D eigenvalue weighted by Crippen LogP contribution is -2.11. The highest BCUT2D eigenvalue weighted by Gasteiger charge is 2.06. The average molecular weight is 273 g/mol. The number of nitrogens with zero attached hydrogens (tertiary/aromatic N) is 2. The van der Waals surface area contributed by atoms with Crippen molar-refractivity contribution in [2.45, 2.75) is 33.2 Å². The number of hydrogen-bond acceptors (Lipinski definition) is 2. The van der Waals surface area contributed by atoms with Crippen molar-refractivity contribution in [3.63, 3.8) is 0 Å². The van der Waals surface area contributed by atoms with Gasteiger partial charge in [0.15, 0.2) is 0 Å². The van der Waals surface area contributed by atoms with Crippen molar-refractivity contribution in [2.24, 2.45) is 5.73 Å². The Morgan fingerprint density at radius 3 is 2.68 bits per heavy atom. The van der Waals surface area contributed by atoms with E-state index in [-0.39, 0.29) is 0 Å². The van der Waals surface area contributed by atoms with Gasteiger partial charge in [-0.3, -0.25) is 4.68 Å². The van der Waals surface area contributed by atoms with Crippen LogP contribution in [0.5, 0.6) is 0 Å². The molecule has 0 atom stereocenters. The Hall–Kier alpha value is -1.68. The van der Waals surface area contributed by atoms with Gasteiger partial charge >= 0.3 is 0 Å². The zero-order chi connectivity index (χ0) is 13.8. The maximum atomic E-state index is 5.67. The van der Waals surface area contributed by atoms with E-state index < -0.39 is 0 Å². The van der Waals surface area contributed by atoms with Crippen molar-refractivity contribution in [3.8, 4) is 0 Å². The number of hydrogen-bond donors (Lipinski definition) is 1. The van der Waals surface area contributed by atoms with E-state index in [1.807, 2.05) is 18.2 Å². The van der Waals surface area contributed by atoms with Gasteiger partial charge < -0.3 is 5.73 Å².